The second-order valence-corrected chi connectivity index (χ2v) is 8.43. The minimum Gasteiger partial charge on any atom is -0.350 e. The van der Waals surface area contributed by atoms with Crippen molar-refractivity contribution in [1.82, 2.24) is 20.8 Å². The predicted molar refractivity (Wildman–Crippen MR) is 104 cm³/mol. The first-order chi connectivity index (χ1) is 13.1. The summed E-state index contributed by atoms with van der Waals surface area (Å²) in [6, 6.07) is 6.20. The second-order valence-electron chi connectivity index (χ2n) is 8.43. The number of carbonyl (C=O) groups excluding carboxylic acids is 2. The number of hydrogen-bond donors (Lipinski definition) is 2. The summed E-state index contributed by atoms with van der Waals surface area (Å²) in [6.45, 7) is 8.19. The molecular formula is C21H25FN4O2. The van der Waals surface area contributed by atoms with Gasteiger partial charge in [-0.3, -0.25) is 9.59 Å². The molecule has 6 nitrogen and oxygen atoms in total. The largest absolute Gasteiger partial charge is 0.350 e. The molecule has 28 heavy (non-hydrogen) atoms. The maximum Gasteiger partial charge on any atom is 0.271 e. The molecule has 0 radical (unpaired) electrons. The summed E-state index contributed by atoms with van der Waals surface area (Å²) in [7, 11) is 0. The maximum atomic E-state index is 14.4. The molecule has 0 unspecified atom stereocenters. The first-order valence-corrected chi connectivity index (χ1v) is 9.37. The number of amides is 2. The van der Waals surface area contributed by atoms with Crippen LogP contribution in [0.15, 0.2) is 24.3 Å². The van der Waals surface area contributed by atoms with Gasteiger partial charge in [-0.25, -0.2) is 4.39 Å². The smallest absolute Gasteiger partial charge is 0.271 e. The summed E-state index contributed by atoms with van der Waals surface area (Å²) in [6.07, 6.45) is 1.91. The van der Waals surface area contributed by atoms with E-state index in [0.29, 0.717) is 23.4 Å². The molecule has 1 aliphatic rings. The number of carbonyl (C=O) groups is 2. The van der Waals surface area contributed by atoms with Gasteiger partial charge >= 0.3 is 0 Å². The number of aromatic nitrogens is 2. The fraction of sp³-hybridized carbons (Fsp3) is 0.429. The lowest BCUT2D eigenvalue weighted by Gasteiger charge is -2.18. The van der Waals surface area contributed by atoms with Gasteiger partial charge in [0, 0.05) is 23.7 Å². The van der Waals surface area contributed by atoms with Gasteiger partial charge in [0.2, 0.25) is 0 Å². The molecule has 2 amide bonds. The Balaban J connectivity index is 1.81. The third kappa shape index (κ3) is 4.91. The van der Waals surface area contributed by atoms with E-state index in [1.165, 1.54) is 6.07 Å². The molecule has 3 rings (SSSR count). The monoisotopic (exact) mass is 384 g/mol. The van der Waals surface area contributed by atoms with E-state index >= 15 is 0 Å². The van der Waals surface area contributed by atoms with Crippen molar-refractivity contribution in [1.29, 1.82) is 0 Å². The van der Waals surface area contributed by atoms with Crippen LogP contribution >= 0.6 is 0 Å². The number of nitrogens with zero attached hydrogens (tertiary/aromatic N) is 2. The van der Waals surface area contributed by atoms with Crippen LogP contribution in [0.25, 0.3) is 11.3 Å². The van der Waals surface area contributed by atoms with E-state index in [1.807, 2.05) is 20.8 Å². The summed E-state index contributed by atoms with van der Waals surface area (Å²) in [5.74, 6) is -1.09. The van der Waals surface area contributed by atoms with E-state index in [9.17, 15) is 14.0 Å². The third-order valence-corrected chi connectivity index (χ3v) is 4.47. The highest BCUT2D eigenvalue weighted by Crippen LogP contribution is 2.26. The molecule has 148 valence electrons. The number of nitrogens with one attached hydrogen (secondary N) is 2. The molecule has 1 aromatic heterocycles. The topological polar surface area (TPSA) is 84.0 Å². The summed E-state index contributed by atoms with van der Waals surface area (Å²) in [4.78, 5) is 24.5. The van der Waals surface area contributed by atoms with Gasteiger partial charge in [0.25, 0.3) is 11.8 Å². The fourth-order valence-electron chi connectivity index (χ4n) is 2.61. The molecule has 1 aliphatic carbocycles. The molecule has 1 fully saturated rings. The van der Waals surface area contributed by atoms with Crippen LogP contribution in [-0.4, -0.2) is 34.6 Å². The Kier molecular flexibility index (Phi) is 5.45. The van der Waals surface area contributed by atoms with Crippen LogP contribution < -0.4 is 10.6 Å². The van der Waals surface area contributed by atoms with Gasteiger partial charge in [-0.15, -0.1) is 10.2 Å². The minimum absolute atomic E-state index is 0.0425. The van der Waals surface area contributed by atoms with Crippen molar-refractivity contribution >= 4 is 11.8 Å². The van der Waals surface area contributed by atoms with Crippen molar-refractivity contribution in [3.63, 3.8) is 0 Å². The van der Waals surface area contributed by atoms with E-state index in [0.717, 1.165) is 12.8 Å². The van der Waals surface area contributed by atoms with Crippen molar-refractivity contribution in [2.24, 2.45) is 5.41 Å². The van der Waals surface area contributed by atoms with Gasteiger partial charge in [-0.2, -0.15) is 0 Å². The summed E-state index contributed by atoms with van der Waals surface area (Å²) in [5, 5.41) is 13.7. The molecule has 0 spiro atoms. The first kappa shape index (κ1) is 19.9. The summed E-state index contributed by atoms with van der Waals surface area (Å²) < 4.78 is 14.4. The van der Waals surface area contributed by atoms with Crippen LogP contribution in [0, 0.1) is 18.2 Å². The van der Waals surface area contributed by atoms with Crippen molar-refractivity contribution in [2.45, 2.75) is 46.6 Å². The minimum atomic E-state index is -0.479. The Labute approximate surface area is 163 Å². The van der Waals surface area contributed by atoms with E-state index in [-0.39, 0.29) is 34.5 Å². The molecule has 0 bridgehead atoms. The fourth-order valence-corrected chi connectivity index (χ4v) is 2.61. The lowest BCUT2D eigenvalue weighted by Crippen LogP contribution is -2.32. The molecule has 0 atom stereocenters. The Hall–Kier alpha value is -2.83. The molecule has 7 heteroatoms. The number of rotatable bonds is 5. The van der Waals surface area contributed by atoms with Gasteiger partial charge < -0.3 is 10.6 Å². The zero-order valence-corrected chi connectivity index (χ0v) is 16.6. The highest BCUT2D eigenvalue weighted by atomic mass is 19.1. The van der Waals surface area contributed by atoms with Crippen LogP contribution in [0.4, 0.5) is 4.39 Å². The van der Waals surface area contributed by atoms with Crippen molar-refractivity contribution in [3.05, 3.63) is 46.9 Å². The zero-order valence-electron chi connectivity index (χ0n) is 16.6. The zero-order chi connectivity index (χ0) is 20.5. The highest BCUT2D eigenvalue weighted by molar-refractivity contribution is 5.96. The molecule has 1 saturated carbocycles. The van der Waals surface area contributed by atoms with Crippen LogP contribution in [0.1, 0.15) is 60.0 Å². The molecular weight excluding hydrogens is 359 g/mol. The molecule has 0 saturated heterocycles. The normalized spacial score (nSPS) is 13.9. The van der Waals surface area contributed by atoms with Crippen molar-refractivity contribution in [2.75, 3.05) is 6.54 Å². The van der Waals surface area contributed by atoms with Crippen LogP contribution in [0.2, 0.25) is 0 Å². The number of hydrogen-bond acceptors (Lipinski definition) is 4. The Morgan fingerprint density at radius 1 is 1.14 bits per heavy atom. The quantitative estimate of drug-likeness (QED) is 0.829. The van der Waals surface area contributed by atoms with Crippen LogP contribution in [0.3, 0.4) is 0 Å². The van der Waals surface area contributed by atoms with Gasteiger partial charge in [0.15, 0.2) is 5.69 Å². The van der Waals surface area contributed by atoms with Crippen molar-refractivity contribution in [3.8, 4) is 11.3 Å². The molecule has 2 N–H and O–H groups in total. The lowest BCUT2D eigenvalue weighted by molar-refractivity contribution is 0.0930. The van der Waals surface area contributed by atoms with Gasteiger partial charge in [-0.1, -0.05) is 20.8 Å². The van der Waals surface area contributed by atoms with E-state index in [4.69, 9.17) is 0 Å². The Morgan fingerprint density at radius 3 is 2.43 bits per heavy atom. The van der Waals surface area contributed by atoms with Gasteiger partial charge in [0.1, 0.15) is 5.82 Å². The second kappa shape index (κ2) is 7.66. The standard InChI is InChI=1S/C21H25FN4O2/c1-12-15(9-13(10-16(12)22)19(27)24-14-5-6-14)17-7-8-18(26-25-17)20(28)23-11-21(2,3)4/h7-10,14H,5-6,11H2,1-4H3,(H,23,28)(H,24,27). The summed E-state index contributed by atoms with van der Waals surface area (Å²) >= 11 is 0. The Bertz CT molecular complexity index is 900. The molecule has 1 aromatic carbocycles. The van der Waals surface area contributed by atoms with E-state index in [2.05, 4.69) is 20.8 Å². The summed E-state index contributed by atoms with van der Waals surface area (Å²) in [5.41, 5.74) is 1.66. The van der Waals surface area contributed by atoms with E-state index < -0.39 is 5.82 Å². The third-order valence-electron chi connectivity index (χ3n) is 4.47. The molecule has 0 aliphatic heterocycles. The van der Waals surface area contributed by atoms with E-state index in [1.54, 1.807) is 25.1 Å². The SMILES string of the molecule is Cc1c(F)cc(C(=O)NC2CC2)cc1-c1ccc(C(=O)NCC(C)(C)C)nn1. The van der Waals surface area contributed by atoms with Crippen molar-refractivity contribution < 1.29 is 14.0 Å². The average molecular weight is 384 g/mol. The van der Waals surface area contributed by atoms with Gasteiger partial charge in [-0.05, 0) is 55.0 Å². The number of benzene rings is 1. The first-order valence-electron chi connectivity index (χ1n) is 9.37. The van der Waals surface area contributed by atoms with Crippen LogP contribution in [0.5, 0.6) is 0 Å². The molecule has 1 heterocycles. The maximum absolute atomic E-state index is 14.4. The number of halogens is 1. The predicted octanol–water partition coefficient (Wildman–Crippen LogP) is 3.26. The molecule has 2 aromatic rings. The highest BCUT2D eigenvalue weighted by Gasteiger charge is 2.25. The Morgan fingerprint density at radius 2 is 1.86 bits per heavy atom. The van der Waals surface area contributed by atoms with Gasteiger partial charge in [0.05, 0.1) is 5.69 Å². The van der Waals surface area contributed by atoms with Crippen LogP contribution in [-0.2, 0) is 0 Å². The lowest BCUT2D eigenvalue weighted by atomic mass is 9.97. The average Bonchev–Trinajstić information content (AvgIpc) is 3.45.